The number of rotatable bonds is 3. The van der Waals surface area contributed by atoms with E-state index in [1.165, 1.54) is 18.3 Å². The summed E-state index contributed by atoms with van der Waals surface area (Å²) >= 11 is 0. The third kappa shape index (κ3) is 3.65. The van der Waals surface area contributed by atoms with Crippen molar-refractivity contribution >= 4 is 10.0 Å². The molecule has 0 fully saturated rings. The van der Waals surface area contributed by atoms with E-state index in [0.29, 0.717) is 5.70 Å². The number of nitrogens with zero attached hydrogens (tertiary/aromatic N) is 3. The van der Waals surface area contributed by atoms with E-state index in [-0.39, 0.29) is 10.6 Å². The molecule has 0 saturated carbocycles. The van der Waals surface area contributed by atoms with Gasteiger partial charge in [-0.05, 0) is 38.1 Å². The largest absolute Gasteiger partial charge is 0.299 e. The monoisotopic (exact) mass is 305 g/mol. The van der Waals surface area contributed by atoms with Crippen LogP contribution in [-0.2, 0) is 10.0 Å². The van der Waals surface area contributed by atoms with Crippen LogP contribution in [0.2, 0.25) is 0 Å². The molecule has 0 spiro atoms. The molecule has 2 rings (SSSR count). The van der Waals surface area contributed by atoms with E-state index in [1.807, 2.05) is 6.92 Å². The van der Waals surface area contributed by atoms with Crippen molar-refractivity contribution in [2.75, 3.05) is 0 Å². The molecule has 1 aliphatic heterocycles. The number of sulfonamides is 1. The second kappa shape index (κ2) is 6.02. The Balaban J connectivity index is 2.28. The molecule has 0 aliphatic carbocycles. The van der Waals surface area contributed by atoms with E-state index < -0.39 is 10.0 Å². The normalized spacial score (nSPS) is 17.6. The summed E-state index contributed by atoms with van der Waals surface area (Å²) < 4.78 is 27.5. The van der Waals surface area contributed by atoms with E-state index >= 15 is 0 Å². The second-order valence-electron chi connectivity index (χ2n) is 4.49. The molecule has 1 aliphatic rings. The van der Waals surface area contributed by atoms with Gasteiger partial charge in [-0.1, -0.05) is 28.3 Å². The summed E-state index contributed by atoms with van der Waals surface area (Å²) in [5.41, 5.74) is 1.60. The van der Waals surface area contributed by atoms with Gasteiger partial charge < -0.3 is 0 Å². The average Bonchev–Trinajstić information content (AvgIpc) is 2.46. The molecule has 110 valence electrons. The molecule has 0 amide bonds. The van der Waals surface area contributed by atoms with Crippen molar-refractivity contribution in [1.82, 2.24) is 5.06 Å². The lowest BCUT2D eigenvalue weighted by Crippen LogP contribution is -2.12. The Morgan fingerprint density at radius 1 is 1.19 bits per heavy atom. The molecule has 7 heteroatoms. The topological polar surface area (TPSA) is 82.3 Å². The Morgan fingerprint density at radius 2 is 1.86 bits per heavy atom. The first-order valence-corrected chi connectivity index (χ1v) is 7.63. The van der Waals surface area contributed by atoms with Crippen molar-refractivity contribution < 1.29 is 13.6 Å². The highest BCUT2D eigenvalue weighted by molar-refractivity contribution is 7.90. The van der Waals surface area contributed by atoms with Gasteiger partial charge in [-0.3, -0.25) is 5.21 Å². The summed E-state index contributed by atoms with van der Waals surface area (Å²) in [6, 6.07) is 6.34. The number of hydrogen-bond donors (Lipinski definition) is 1. The van der Waals surface area contributed by atoms with Gasteiger partial charge in [-0.2, -0.15) is 8.42 Å². The molecule has 1 heterocycles. The Kier molecular flexibility index (Phi) is 4.35. The molecule has 0 atom stereocenters. The van der Waals surface area contributed by atoms with Crippen LogP contribution >= 0.6 is 0 Å². The Labute approximate surface area is 123 Å². The van der Waals surface area contributed by atoms with Crippen LogP contribution < -0.4 is 0 Å². The smallest absolute Gasteiger partial charge is 0.284 e. The van der Waals surface area contributed by atoms with E-state index in [0.717, 1.165) is 10.6 Å². The zero-order valence-corrected chi connectivity index (χ0v) is 12.4. The standard InChI is InChI=1S/C14H15N3O3S/c1-11-6-8-13(9-7-11)21(19,20)16-15-12(2)14-5-3-4-10-17(14)18/h3-10,18H,1-2H3. The van der Waals surface area contributed by atoms with Crippen molar-refractivity contribution in [3.8, 4) is 0 Å². The molecule has 0 bridgehead atoms. The fraction of sp³-hybridized carbons (Fsp3) is 0.143. The molecule has 1 aromatic carbocycles. The van der Waals surface area contributed by atoms with E-state index in [1.54, 1.807) is 37.3 Å². The first-order valence-electron chi connectivity index (χ1n) is 6.19. The minimum absolute atomic E-state index is 0.0783. The maximum Gasteiger partial charge on any atom is 0.299 e. The summed E-state index contributed by atoms with van der Waals surface area (Å²) in [5.74, 6) is 0. The highest BCUT2D eigenvalue weighted by atomic mass is 32.2. The lowest BCUT2D eigenvalue weighted by molar-refractivity contribution is -0.00148. The van der Waals surface area contributed by atoms with Crippen molar-refractivity contribution in [3.05, 3.63) is 65.7 Å². The lowest BCUT2D eigenvalue weighted by Gasteiger charge is -2.16. The van der Waals surface area contributed by atoms with Gasteiger partial charge >= 0.3 is 0 Å². The minimum atomic E-state index is -3.85. The third-order valence-electron chi connectivity index (χ3n) is 2.83. The zero-order valence-electron chi connectivity index (χ0n) is 11.6. The van der Waals surface area contributed by atoms with Crippen LogP contribution in [0.25, 0.3) is 0 Å². The van der Waals surface area contributed by atoms with Gasteiger partial charge in [0, 0.05) is 6.20 Å². The van der Waals surface area contributed by atoms with Gasteiger partial charge in [0.1, 0.15) is 0 Å². The molecule has 21 heavy (non-hydrogen) atoms. The highest BCUT2D eigenvalue weighted by Crippen LogP contribution is 2.18. The molecule has 6 nitrogen and oxygen atoms in total. The van der Waals surface area contributed by atoms with Crippen LogP contribution in [0.15, 0.2) is 74.6 Å². The summed E-state index contributed by atoms with van der Waals surface area (Å²) in [7, 11) is -3.85. The van der Waals surface area contributed by atoms with Gasteiger partial charge in [-0.25, -0.2) is 5.06 Å². The van der Waals surface area contributed by atoms with Gasteiger partial charge in [0.05, 0.1) is 16.3 Å². The first kappa shape index (κ1) is 15.1. The first-order chi connectivity index (χ1) is 9.90. The van der Waals surface area contributed by atoms with Crippen molar-refractivity contribution in [2.24, 2.45) is 9.63 Å². The van der Waals surface area contributed by atoms with Crippen LogP contribution in [-0.4, -0.2) is 18.7 Å². The number of hydrogen-bond acceptors (Lipinski definition) is 5. The Hall–Kier alpha value is -2.25. The molecule has 1 aromatic rings. The summed E-state index contributed by atoms with van der Waals surface area (Å²) in [6.07, 6.45) is 6.36. The lowest BCUT2D eigenvalue weighted by atomic mass is 10.2. The van der Waals surface area contributed by atoms with Gasteiger partial charge in [0.25, 0.3) is 10.0 Å². The summed E-state index contributed by atoms with van der Waals surface area (Å²) in [6.45, 7) is 3.43. The number of benzene rings is 1. The van der Waals surface area contributed by atoms with Crippen molar-refractivity contribution in [1.29, 1.82) is 0 Å². The Morgan fingerprint density at radius 3 is 2.48 bits per heavy atom. The van der Waals surface area contributed by atoms with Crippen LogP contribution in [0.4, 0.5) is 0 Å². The Bertz CT molecular complexity index is 744. The van der Waals surface area contributed by atoms with E-state index in [4.69, 9.17) is 0 Å². The van der Waals surface area contributed by atoms with E-state index in [9.17, 15) is 13.6 Å². The van der Waals surface area contributed by atoms with Crippen LogP contribution in [0.3, 0.4) is 0 Å². The molecular weight excluding hydrogens is 290 g/mol. The molecule has 0 aromatic heterocycles. The molecule has 0 saturated heterocycles. The highest BCUT2D eigenvalue weighted by Gasteiger charge is 2.13. The molecule has 0 radical (unpaired) electrons. The van der Waals surface area contributed by atoms with Crippen molar-refractivity contribution in [3.63, 3.8) is 0 Å². The third-order valence-corrected chi connectivity index (χ3v) is 3.99. The SMILES string of the molecule is CC(N=NS(=O)(=O)c1ccc(C)cc1)=C1C=CC=CN1O. The van der Waals surface area contributed by atoms with Gasteiger partial charge in [-0.15, -0.1) is 5.11 Å². The van der Waals surface area contributed by atoms with Crippen molar-refractivity contribution in [2.45, 2.75) is 18.7 Å². The zero-order chi connectivity index (χ0) is 15.5. The fourth-order valence-corrected chi connectivity index (χ4v) is 2.45. The predicted molar refractivity (Wildman–Crippen MR) is 77.8 cm³/mol. The number of allylic oxidation sites excluding steroid dienone is 4. The quantitative estimate of drug-likeness (QED) is 0.870. The number of hydroxylamine groups is 2. The maximum atomic E-state index is 12.0. The maximum absolute atomic E-state index is 12.0. The molecule has 1 N–H and O–H groups in total. The summed E-state index contributed by atoms with van der Waals surface area (Å²) in [5, 5.41) is 14.2. The number of aryl methyl sites for hydroxylation is 1. The second-order valence-corrected chi connectivity index (χ2v) is 6.07. The minimum Gasteiger partial charge on any atom is -0.284 e. The average molecular weight is 305 g/mol. The van der Waals surface area contributed by atoms with Gasteiger partial charge in [0.2, 0.25) is 0 Å². The molecular formula is C14H15N3O3S. The van der Waals surface area contributed by atoms with E-state index in [2.05, 4.69) is 9.63 Å². The van der Waals surface area contributed by atoms with Gasteiger partial charge in [0.15, 0.2) is 0 Å². The van der Waals surface area contributed by atoms with Crippen LogP contribution in [0, 0.1) is 6.92 Å². The van der Waals surface area contributed by atoms with Crippen LogP contribution in [0.5, 0.6) is 0 Å². The van der Waals surface area contributed by atoms with Crippen LogP contribution in [0.1, 0.15) is 12.5 Å². The summed E-state index contributed by atoms with van der Waals surface area (Å²) in [4.78, 5) is 0.0783. The predicted octanol–water partition coefficient (Wildman–Crippen LogP) is 3.14. The molecule has 0 unspecified atom stereocenters. The fourth-order valence-electron chi connectivity index (χ4n) is 1.64.